The summed E-state index contributed by atoms with van der Waals surface area (Å²) in [6, 6.07) is 20.2. The predicted molar refractivity (Wildman–Crippen MR) is 95.8 cm³/mol. The van der Waals surface area contributed by atoms with Crippen LogP contribution in [0.4, 0.5) is 5.69 Å². The van der Waals surface area contributed by atoms with E-state index in [1.807, 2.05) is 42.5 Å². The number of fused-ring (bicyclic) bond motifs is 1. The van der Waals surface area contributed by atoms with Crippen molar-refractivity contribution in [2.24, 2.45) is 0 Å². The highest BCUT2D eigenvalue weighted by molar-refractivity contribution is 5.89. The third-order valence-corrected chi connectivity index (χ3v) is 3.46. The molecule has 5 heteroatoms. The highest BCUT2D eigenvalue weighted by atomic mass is 16.6. The minimum Gasteiger partial charge on any atom is -0.482 e. The molecule has 0 aliphatic rings. The Bertz CT molecular complexity index is 920. The maximum absolute atomic E-state index is 11.9. The molecule has 1 amide bonds. The molecule has 25 heavy (non-hydrogen) atoms. The Kier molecular flexibility index (Phi) is 4.95. The van der Waals surface area contributed by atoms with Gasteiger partial charge in [0.2, 0.25) is 5.91 Å². The Morgan fingerprint density at radius 1 is 0.880 bits per heavy atom. The molecule has 0 radical (unpaired) electrons. The standard InChI is InChI=1S/C20H17NO4/c1-14(22)21-17-7-4-8-19(12-17)25-20(23)13-24-18-10-9-15-5-2-3-6-16(15)11-18/h2-12H,13H2,1H3,(H,21,22). The number of anilines is 1. The van der Waals surface area contributed by atoms with Crippen LogP contribution in [0.25, 0.3) is 10.8 Å². The molecule has 3 aromatic carbocycles. The predicted octanol–water partition coefficient (Wildman–Crippen LogP) is 3.78. The third-order valence-electron chi connectivity index (χ3n) is 3.46. The van der Waals surface area contributed by atoms with Gasteiger partial charge in [-0.3, -0.25) is 4.79 Å². The van der Waals surface area contributed by atoms with Gasteiger partial charge < -0.3 is 14.8 Å². The molecule has 5 nitrogen and oxygen atoms in total. The fourth-order valence-electron chi connectivity index (χ4n) is 2.40. The number of ether oxygens (including phenoxy) is 2. The average molecular weight is 335 g/mol. The highest BCUT2D eigenvalue weighted by Gasteiger charge is 2.08. The molecular weight excluding hydrogens is 318 g/mol. The van der Waals surface area contributed by atoms with Crippen molar-refractivity contribution in [2.45, 2.75) is 6.92 Å². The molecule has 0 atom stereocenters. The van der Waals surface area contributed by atoms with E-state index >= 15 is 0 Å². The van der Waals surface area contributed by atoms with Gasteiger partial charge in [-0.15, -0.1) is 0 Å². The van der Waals surface area contributed by atoms with E-state index in [9.17, 15) is 9.59 Å². The summed E-state index contributed by atoms with van der Waals surface area (Å²) in [4.78, 5) is 23.0. The van der Waals surface area contributed by atoms with Crippen LogP contribution in [-0.4, -0.2) is 18.5 Å². The first kappa shape index (κ1) is 16.5. The molecule has 0 saturated heterocycles. The van der Waals surface area contributed by atoms with E-state index in [0.29, 0.717) is 17.2 Å². The Balaban J connectivity index is 1.59. The number of nitrogens with one attached hydrogen (secondary N) is 1. The lowest BCUT2D eigenvalue weighted by Gasteiger charge is -2.09. The molecule has 0 bridgehead atoms. The van der Waals surface area contributed by atoms with Crippen LogP contribution in [0.2, 0.25) is 0 Å². The van der Waals surface area contributed by atoms with Crippen LogP contribution in [-0.2, 0) is 9.59 Å². The lowest BCUT2D eigenvalue weighted by Crippen LogP contribution is -2.17. The van der Waals surface area contributed by atoms with E-state index < -0.39 is 5.97 Å². The SMILES string of the molecule is CC(=O)Nc1cccc(OC(=O)COc2ccc3ccccc3c2)c1. The summed E-state index contributed by atoms with van der Waals surface area (Å²) < 4.78 is 10.7. The molecule has 0 aromatic heterocycles. The average Bonchev–Trinajstić information content (AvgIpc) is 2.59. The fraction of sp³-hybridized carbons (Fsp3) is 0.100. The van der Waals surface area contributed by atoms with Crippen molar-refractivity contribution < 1.29 is 19.1 Å². The zero-order chi connectivity index (χ0) is 17.6. The molecule has 0 heterocycles. The Labute approximate surface area is 145 Å². The number of carbonyl (C=O) groups is 2. The zero-order valence-electron chi connectivity index (χ0n) is 13.7. The minimum absolute atomic E-state index is 0.192. The van der Waals surface area contributed by atoms with Crippen LogP contribution >= 0.6 is 0 Å². The summed E-state index contributed by atoms with van der Waals surface area (Å²) in [7, 11) is 0. The number of esters is 1. The van der Waals surface area contributed by atoms with E-state index in [1.165, 1.54) is 6.92 Å². The normalized spacial score (nSPS) is 10.3. The van der Waals surface area contributed by atoms with Gasteiger partial charge in [-0.1, -0.05) is 36.4 Å². The molecule has 3 aromatic rings. The lowest BCUT2D eigenvalue weighted by molar-refractivity contribution is -0.136. The molecule has 0 aliphatic carbocycles. The van der Waals surface area contributed by atoms with E-state index in [2.05, 4.69) is 5.32 Å². The van der Waals surface area contributed by atoms with Crippen LogP contribution in [0.15, 0.2) is 66.7 Å². The quantitative estimate of drug-likeness (QED) is 0.569. The van der Waals surface area contributed by atoms with E-state index in [-0.39, 0.29) is 12.5 Å². The monoisotopic (exact) mass is 335 g/mol. The second kappa shape index (κ2) is 7.49. The summed E-state index contributed by atoms with van der Waals surface area (Å²) >= 11 is 0. The number of benzene rings is 3. The first-order valence-electron chi connectivity index (χ1n) is 7.80. The molecule has 3 rings (SSSR count). The van der Waals surface area contributed by atoms with Crippen LogP contribution in [0.5, 0.6) is 11.5 Å². The first-order chi connectivity index (χ1) is 12.1. The second-order valence-electron chi connectivity index (χ2n) is 5.48. The van der Waals surface area contributed by atoms with Gasteiger partial charge in [-0.05, 0) is 35.0 Å². The molecule has 1 N–H and O–H groups in total. The minimum atomic E-state index is -0.520. The topological polar surface area (TPSA) is 64.6 Å². The van der Waals surface area contributed by atoms with Crippen molar-refractivity contribution in [1.29, 1.82) is 0 Å². The smallest absolute Gasteiger partial charge is 0.349 e. The molecule has 0 aliphatic heterocycles. The van der Waals surface area contributed by atoms with Gasteiger partial charge in [0.25, 0.3) is 0 Å². The second-order valence-corrected chi connectivity index (χ2v) is 5.48. The summed E-state index contributed by atoms with van der Waals surface area (Å²) in [6.07, 6.45) is 0. The van der Waals surface area contributed by atoms with E-state index in [1.54, 1.807) is 24.3 Å². The number of carbonyl (C=O) groups excluding carboxylic acids is 2. The molecular formula is C20H17NO4. The number of rotatable bonds is 5. The van der Waals surface area contributed by atoms with Crippen molar-refractivity contribution in [3.05, 3.63) is 66.7 Å². The molecule has 0 unspecified atom stereocenters. The van der Waals surface area contributed by atoms with Gasteiger partial charge >= 0.3 is 5.97 Å². The Morgan fingerprint density at radius 3 is 2.48 bits per heavy atom. The summed E-state index contributed by atoms with van der Waals surface area (Å²) in [5.74, 6) is 0.234. The third kappa shape index (κ3) is 4.57. The van der Waals surface area contributed by atoms with Gasteiger partial charge in [-0.2, -0.15) is 0 Å². The fourth-order valence-corrected chi connectivity index (χ4v) is 2.40. The van der Waals surface area contributed by atoms with Crippen LogP contribution in [0.3, 0.4) is 0 Å². The van der Waals surface area contributed by atoms with Gasteiger partial charge in [0.1, 0.15) is 11.5 Å². The molecule has 0 spiro atoms. The van der Waals surface area contributed by atoms with Crippen molar-refractivity contribution in [3.63, 3.8) is 0 Å². The van der Waals surface area contributed by atoms with Gasteiger partial charge in [-0.25, -0.2) is 4.79 Å². The van der Waals surface area contributed by atoms with E-state index in [4.69, 9.17) is 9.47 Å². The Morgan fingerprint density at radius 2 is 1.68 bits per heavy atom. The molecule has 0 saturated carbocycles. The maximum Gasteiger partial charge on any atom is 0.349 e. The summed E-state index contributed by atoms with van der Waals surface area (Å²) in [5, 5.41) is 4.77. The van der Waals surface area contributed by atoms with Crippen molar-refractivity contribution in [3.8, 4) is 11.5 Å². The molecule has 0 fully saturated rings. The van der Waals surface area contributed by atoms with Gasteiger partial charge in [0.05, 0.1) is 0 Å². The highest BCUT2D eigenvalue weighted by Crippen LogP contribution is 2.21. The van der Waals surface area contributed by atoms with Crippen LogP contribution < -0.4 is 14.8 Å². The zero-order valence-corrected chi connectivity index (χ0v) is 13.7. The maximum atomic E-state index is 11.9. The van der Waals surface area contributed by atoms with Crippen LogP contribution in [0, 0.1) is 0 Å². The van der Waals surface area contributed by atoms with Gasteiger partial charge in [0.15, 0.2) is 6.61 Å². The lowest BCUT2D eigenvalue weighted by atomic mass is 10.1. The molecule has 126 valence electrons. The number of amides is 1. The van der Waals surface area contributed by atoms with E-state index in [0.717, 1.165) is 10.8 Å². The summed E-state index contributed by atoms with van der Waals surface area (Å²) in [6.45, 7) is 1.21. The number of hydrogen-bond donors (Lipinski definition) is 1. The van der Waals surface area contributed by atoms with Crippen molar-refractivity contribution in [1.82, 2.24) is 0 Å². The summed E-state index contributed by atoms with van der Waals surface area (Å²) in [5.41, 5.74) is 0.563. The van der Waals surface area contributed by atoms with Crippen LogP contribution in [0.1, 0.15) is 6.92 Å². The first-order valence-corrected chi connectivity index (χ1v) is 7.80. The Hall–Kier alpha value is -3.34. The van der Waals surface area contributed by atoms with Gasteiger partial charge in [0, 0.05) is 18.7 Å². The van der Waals surface area contributed by atoms with Crippen molar-refractivity contribution in [2.75, 3.05) is 11.9 Å². The number of hydrogen-bond acceptors (Lipinski definition) is 4. The largest absolute Gasteiger partial charge is 0.482 e. The van der Waals surface area contributed by atoms with Crippen molar-refractivity contribution >= 4 is 28.3 Å².